The van der Waals surface area contributed by atoms with Crippen molar-refractivity contribution in [2.45, 2.75) is 20.8 Å². The first-order valence-electron chi connectivity index (χ1n) is 6.59. The lowest BCUT2D eigenvalue weighted by Crippen LogP contribution is -2.16. The Kier molecular flexibility index (Phi) is 2.44. The minimum absolute atomic E-state index is 0.140. The second kappa shape index (κ2) is 3.88. The molecule has 18 heavy (non-hydrogen) atoms. The average molecular weight is 237 g/mol. The summed E-state index contributed by atoms with van der Waals surface area (Å²) >= 11 is 0. The lowest BCUT2D eigenvalue weighted by atomic mass is 9.79. The van der Waals surface area contributed by atoms with E-state index < -0.39 is 0 Å². The number of aromatic amines is 1. The highest BCUT2D eigenvalue weighted by molar-refractivity contribution is 5.93. The molecule has 0 radical (unpaired) electrons. The smallest absolute Gasteiger partial charge is 0.0464 e. The fraction of sp³-hybridized carbons (Fsp3) is 0.294. The third-order valence-corrected chi connectivity index (χ3v) is 4.24. The van der Waals surface area contributed by atoms with Gasteiger partial charge in [0.2, 0.25) is 0 Å². The van der Waals surface area contributed by atoms with Crippen LogP contribution >= 0.6 is 0 Å². The summed E-state index contributed by atoms with van der Waals surface area (Å²) in [7, 11) is 0. The summed E-state index contributed by atoms with van der Waals surface area (Å²) in [6.45, 7) is 6.83. The van der Waals surface area contributed by atoms with Gasteiger partial charge in [-0.3, -0.25) is 0 Å². The molecule has 2 aromatic rings. The number of rotatable bonds is 1. The van der Waals surface area contributed by atoms with E-state index in [0.717, 1.165) is 0 Å². The maximum absolute atomic E-state index is 3.49. The van der Waals surface area contributed by atoms with Gasteiger partial charge in [0.15, 0.2) is 0 Å². The monoisotopic (exact) mass is 237 g/mol. The van der Waals surface area contributed by atoms with Crippen molar-refractivity contribution in [2.24, 2.45) is 11.3 Å². The van der Waals surface area contributed by atoms with Crippen molar-refractivity contribution in [1.82, 2.24) is 4.98 Å². The summed E-state index contributed by atoms with van der Waals surface area (Å²) in [5, 5.41) is 1.31. The Hall–Kier alpha value is -1.76. The van der Waals surface area contributed by atoms with E-state index in [1.54, 1.807) is 0 Å². The van der Waals surface area contributed by atoms with Gasteiger partial charge in [-0.2, -0.15) is 0 Å². The molecular weight excluding hydrogens is 218 g/mol. The number of nitrogens with one attached hydrogen (secondary N) is 1. The number of fused-ring (bicyclic) bond motifs is 3. The highest BCUT2D eigenvalue weighted by atomic mass is 14.7. The van der Waals surface area contributed by atoms with Crippen LogP contribution in [0.25, 0.3) is 23.1 Å². The van der Waals surface area contributed by atoms with E-state index in [9.17, 15) is 0 Å². The number of hydrogen-bond acceptors (Lipinski definition) is 0. The molecule has 1 aromatic heterocycles. The van der Waals surface area contributed by atoms with E-state index >= 15 is 0 Å². The molecule has 1 N–H and O–H groups in total. The van der Waals surface area contributed by atoms with Crippen molar-refractivity contribution in [1.29, 1.82) is 0 Å². The highest BCUT2D eigenvalue weighted by Crippen LogP contribution is 2.36. The van der Waals surface area contributed by atoms with Crippen LogP contribution in [0.5, 0.6) is 0 Å². The van der Waals surface area contributed by atoms with Gasteiger partial charge in [-0.25, -0.2) is 0 Å². The highest BCUT2D eigenvalue weighted by Gasteiger charge is 2.24. The predicted molar refractivity (Wildman–Crippen MR) is 79.3 cm³/mol. The molecule has 0 saturated heterocycles. The first kappa shape index (κ1) is 11.3. The van der Waals surface area contributed by atoms with Gasteiger partial charge >= 0.3 is 0 Å². The zero-order chi connectivity index (χ0) is 12.8. The summed E-state index contributed by atoms with van der Waals surface area (Å²) in [6.07, 6.45) is 9.15. The second-order valence-electron chi connectivity index (χ2n) is 5.69. The fourth-order valence-electron chi connectivity index (χ4n) is 2.46. The number of benzene rings is 1. The van der Waals surface area contributed by atoms with Crippen molar-refractivity contribution in [3.05, 3.63) is 47.7 Å². The van der Waals surface area contributed by atoms with Gasteiger partial charge in [0, 0.05) is 27.6 Å². The molecule has 1 aromatic carbocycles. The van der Waals surface area contributed by atoms with Crippen LogP contribution in [0.1, 0.15) is 32.0 Å². The summed E-state index contributed by atoms with van der Waals surface area (Å²) < 4.78 is 0. The predicted octanol–water partition coefficient (Wildman–Crippen LogP) is 4.87. The molecule has 0 aliphatic heterocycles. The zero-order valence-corrected chi connectivity index (χ0v) is 11.2. The van der Waals surface area contributed by atoms with Crippen LogP contribution in [0.15, 0.2) is 36.4 Å². The van der Waals surface area contributed by atoms with Crippen LogP contribution in [0, 0.1) is 11.3 Å². The number of hydrogen-bond donors (Lipinski definition) is 1. The van der Waals surface area contributed by atoms with Crippen molar-refractivity contribution < 1.29 is 0 Å². The maximum atomic E-state index is 3.49. The molecule has 1 nitrogen and oxygen atoms in total. The Morgan fingerprint density at radius 1 is 1.06 bits per heavy atom. The molecule has 1 atom stereocenters. The third-order valence-electron chi connectivity index (χ3n) is 4.24. The van der Waals surface area contributed by atoms with Crippen LogP contribution in [-0.4, -0.2) is 4.98 Å². The van der Waals surface area contributed by atoms with E-state index in [1.807, 2.05) is 0 Å². The summed E-state index contributed by atoms with van der Waals surface area (Å²) in [6, 6.07) is 8.48. The van der Waals surface area contributed by atoms with Crippen LogP contribution in [0.3, 0.4) is 0 Å². The molecular formula is C17H19N. The first-order valence-corrected chi connectivity index (χ1v) is 6.59. The van der Waals surface area contributed by atoms with Gasteiger partial charge in [-0.05, 0) is 18.1 Å². The second-order valence-corrected chi connectivity index (χ2v) is 5.69. The Morgan fingerprint density at radius 3 is 2.56 bits per heavy atom. The van der Waals surface area contributed by atoms with Gasteiger partial charge < -0.3 is 4.98 Å². The minimum Gasteiger partial charge on any atom is -0.355 e. The summed E-state index contributed by atoms with van der Waals surface area (Å²) in [5.41, 5.74) is 3.88. The number of aromatic nitrogens is 1. The molecule has 92 valence electrons. The number of para-hydroxylation sites is 1. The zero-order valence-electron chi connectivity index (χ0n) is 11.2. The Bertz CT molecular complexity index is 643. The average Bonchev–Trinajstić information content (AvgIpc) is 2.62. The topological polar surface area (TPSA) is 15.8 Å². The molecule has 1 aliphatic rings. The van der Waals surface area contributed by atoms with Crippen LogP contribution in [0.4, 0.5) is 0 Å². The molecule has 3 rings (SSSR count). The van der Waals surface area contributed by atoms with Crippen LogP contribution in [-0.2, 0) is 0 Å². The van der Waals surface area contributed by atoms with E-state index in [0.29, 0.717) is 5.92 Å². The molecule has 0 amide bonds. The largest absolute Gasteiger partial charge is 0.355 e. The fourth-order valence-corrected chi connectivity index (χ4v) is 2.46. The first-order chi connectivity index (χ1) is 8.60. The summed E-state index contributed by atoms with van der Waals surface area (Å²) in [5.74, 6) is 0.597. The van der Waals surface area contributed by atoms with Gasteiger partial charge in [0.1, 0.15) is 0 Å². The van der Waals surface area contributed by atoms with Gasteiger partial charge in [0.25, 0.3) is 0 Å². The quantitative estimate of drug-likeness (QED) is 0.728. The maximum Gasteiger partial charge on any atom is 0.0464 e. The van der Waals surface area contributed by atoms with Crippen molar-refractivity contribution >= 4 is 23.1 Å². The van der Waals surface area contributed by atoms with E-state index in [4.69, 9.17) is 0 Å². The molecule has 1 aliphatic carbocycles. The van der Waals surface area contributed by atoms with Gasteiger partial charge in [-0.15, -0.1) is 0 Å². The SMILES string of the molecule is CC(C)C1(C)C=Cc2[nH]c3ccccc3c2C=C1. The van der Waals surface area contributed by atoms with Crippen LogP contribution < -0.4 is 0 Å². The van der Waals surface area contributed by atoms with Gasteiger partial charge in [-0.1, -0.05) is 57.2 Å². The van der Waals surface area contributed by atoms with E-state index in [-0.39, 0.29) is 5.41 Å². The molecule has 0 bridgehead atoms. The molecule has 1 heterocycles. The molecule has 0 spiro atoms. The third kappa shape index (κ3) is 1.62. The normalized spacial score (nSPS) is 22.4. The standard InChI is InChI=1S/C17H19N/c1-12(2)17(3)10-8-14-13-6-4-5-7-15(13)18-16(14)9-11-17/h4-12,18H,1-3H3. The molecule has 0 fully saturated rings. The van der Waals surface area contributed by atoms with E-state index in [2.05, 4.69) is 74.3 Å². The number of H-pyrrole nitrogens is 1. The Morgan fingerprint density at radius 2 is 1.78 bits per heavy atom. The van der Waals surface area contributed by atoms with Gasteiger partial charge in [0.05, 0.1) is 0 Å². The van der Waals surface area contributed by atoms with Crippen molar-refractivity contribution in [3.63, 3.8) is 0 Å². The lowest BCUT2D eigenvalue weighted by Gasteiger charge is -2.26. The number of allylic oxidation sites excluding steroid dienone is 2. The molecule has 0 saturated carbocycles. The summed E-state index contributed by atoms with van der Waals surface area (Å²) in [4.78, 5) is 3.49. The van der Waals surface area contributed by atoms with Crippen molar-refractivity contribution in [3.8, 4) is 0 Å². The minimum atomic E-state index is 0.140. The molecule has 1 unspecified atom stereocenters. The molecule has 1 heteroatoms. The Balaban J connectivity index is 2.19. The van der Waals surface area contributed by atoms with Crippen LogP contribution in [0.2, 0.25) is 0 Å². The van der Waals surface area contributed by atoms with Crippen molar-refractivity contribution in [2.75, 3.05) is 0 Å². The lowest BCUT2D eigenvalue weighted by molar-refractivity contribution is 0.387. The van der Waals surface area contributed by atoms with E-state index in [1.165, 1.54) is 22.2 Å². The Labute approximate surface area is 108 Å².